The van der Waals surface area contributed by atoms with Gasteiger partial charge in [0.25, 0.3) is 0 Å². The van der Waals surface area contributed by atoms with E-state index in [-0.39, 0.29) is 23.9 Å². The number of thioether (sulfide) groups is 1. The molecule has 0 saturated heterocycles. The van der Waals surface area contributed by atoms with Crippen LogP contribution in [0.3, 0.4) is 0 Å². The topological polar surface area (TPSA) is 46.5 Å². The van der Waals surface area contributed by atoms with Gasteiger partial charge in [-0.3, -0.25) is 4.79 Å². The first kappa shape index (κ1) is 17.5. The molecule has 21 heavy (non-hydrogen) atoms. The number of aliphatic hydroxyl groups is 1. The van der Waals surface area contributed by atoms with Crippen LogP contribution in [0.25, 0.3) is 0 Å². The number of ether oxygens (including phenoxy) is 1. The van der Waals surface area contributed by atoms with Gasteiger partial charge in [-0.25, -0.2) is 4.39 Å². The van der Waals surface area contributed by atoms with Crippen molar-refractivity contribution in [2.24, 2.45) is 0 Å². The van der Waals surface area contributed by atoms with Crippen molar-refractivity contribution < 1.29 is 19.0 Å². The van der Waals surface area contributed by atoms with E-state index in [2.05, 4.69) is 11.8 Å². The normalized spacial score (nSPS) is 10.7. The monoisotopic (exact) mass is 310 g/mol. The molecule has 1 aromatic rings. The van der Waals surface area contributed by atoms with Gasteiger partial charge in [0.1, 0.15) is 18.0 Å². The summed E-state index contributed by atoms with van der Waals surface area (Å²) in [5.74, 6) is 5.09. The highest BCUT2D eigenvalue weighted by atomic mass is 32.2. The van der Waals surface area contributed by atoms with Crippen molar-refractivity contribution in [1.29, 1.82) is 0 Å². The van der Waals surface area contributed by atoms with Gasteiger partial charge in [-0.05, 0) is 38.5 Å². The predicted octanol–water partition coefficient (Wildman–Crippen LogP) is 2.74. The molecule has 0 amide bonds. The molecule has 0 saturated carbocycles. The Kier molecular flexibility index (Phi) is 6.73. The van der Waals surface area contributed by atoms with Gasteiger partial charge in [-0.2, -0.15) is 0 Å². The fourth-order valence-corrected chi connectivity index (χ4v) is 2.26. The number of benzene rings is 1. The van der Waals surface area contributed by atoms with Crippen molar-refractivity contribution in [3.8, 4) is 11.8 Å². The van der Waals surface area contributed by atoms with Crippen LogP contribution in [-0.2, 0) is 15.3 Å². The minimum absolute atomic E-state index is 0.242. The molecule has 1 rings (SSSR count). The van der Waals surface area contributed by atoms with Crippen molar-refractivity contribution in [3.05, 3.63) is 35.1 Å². The van der Waals surface area contributed by atoms with Crippen molar-refractivity contribution in [1.82, 2.24) is 0 Å². The lowest BCUT2D eigenvalue weighted by Gasteiger charge is -2.19. The van der Waals surface area contributed by atoms with Crippen LogP contribution in [0, 0.1) is 17.7 Å². The van der Waals surface area contributed by atoms with Gasteiger partial charge in [0, 0.05) is 5.75 Å². The molecule has 114 valence electrons. The summed E-state index contributed by atoms with van der Waals surface area (Å²) in [5.41, 5.74) is 0.632. The van der Waals surface area contributed by atoms with E-state index >= 15 is 0 Å². The van der Waals surface area contributed by atoms with Crippen LogP contribution in [0.5, 0.6) is 0 Å². The van der Waals surface area contributed by atoms with Gasteiger partial charge in [0.2, 0.25) is 0 Å². The molecule has 0 heterocycles. The number of hydrogen-bond donors (Lipinski definition) is 1. The lowest BCUT2D eigenvalue weighted by Crippen LogP contribution is -2.24. The smallest absolute Gasteiger partial charge is 0.316 e. The zero-order valence-corrected chi connectivity index (χ0v) is 13.2. The number of carbonyl (C=O) groups is 1. The SMILES string of the molecule is CC(C)(C)OC(=O)CSCc1ccc(F)c(C#CCO)c1. The minimum atomic E-state index is -0.486. The number of carbonyl (C=O) groups excluding carboxylic acids is 1. The quantitative estimate of drug-likeness (QED) is 0.686. The zero-order valence-electron chi connectivity index (χ0n) is 12.4. The first-order chi connectivity index (χ1) is 9.81. The van der Waals surface area contributed by atoms with E-state index in [4.69, 9.17) is 9.84 Å². The number of halogens is 1. The third-order valence-electron chi connectivity index (χ3n) is 2.24. The molecule has 0 fully saturated rings. The summed E-state index contributed by atoms with van der Waals surface area (Å²) in [6.45, 7) is 5.15. The molecule has 0 aliphatic heterocycles. The molecule has 0 aliphatic carbocycles. The molecule has 0 bridgehead atoms. The molecule has 5 heteroatoms. The Hall–Kier alpha value is -1.51. The second kappa shape index (κ2) is 8.06. The number of rotatable bonds is 4. The van der Waals surface area contributed by atoms with E-state index in [9.17, 15) is 9.18 Å². The standard InChI is InChI=1S/C16H19FO3S/c1-16(2,3)20-15(19)11-21-10-12-6-7-14(17)13(9-12)5-4-8-18/h6-7,9,18H,8,10-11H2,1-3H3. The molecular weight excluding hydrogens is 291 g/mol. The summed E-state index contributed by atoms with van der Waals surface area (Å²) < 4.78 is 18.7. The van der Waals surface area contributed by atoms with E-state index in [1.165, 1.54) is 17.8 Å². The summed E-state index contributed by atoms with van der Waals surface area (Å²) in [6, 6.07) is 4.62. The Balaban J connectivity index is 2.55. The molecule has 0 radical (unpaired) electrons. The maximum absolute atomic E-state index is 13.5. The first-order valence-corrected chi connectivity index (χ1v) is 7.65. The van der Waals surface area contributed by atoms with Crippen molar-refractivity contribution in [3.63, 3.8) is 0 Å². The van der Waals surface area contributed by atoms with E-state index in [0.717, 1.165) is 5.56 Å². The van der Waals surface area contributed by atoms with Gasteiger partial charge in [0.05, 0.1) is 11.3 Å². The van der Waals surface area contributed by atoms with Gasteiger partial charge in [0.15, 0.2) is 0 Å². The van der Waals surface area contributed by atoms with Gasteiger partial charge in [-0.15, -0.1) is 11.8 Å². The molecule has 3 nitrogen and oxygen atoms in total. The molecule has 1 N–H and O–H groups in total. The number of hydrogen-bond acceptors (Lipinski definition) is 4. The van der Waals surface area contributed by atoms with Crippen LogP contribution in [0.1, 0.15) is 31.9 Å². The average molecular weight is 310 g/mol. The van der Waals surface area contributed by atoms with Gasteiger partial charge < -0.3 is 9.84 Å². The summed E-state index contributed by atoms with van der Waals surface area (Å²) in [6.07, 6.45) is 0. The number of aliphatic hydroxyl groups excluding tert-OH is 1. The van der Waals surface area contributed by atoms with E-state index < -0.39 is 11.4 Å². The summed E-state index contributed by atoms with van der Waals surface area (Å²) in [7, 11) is 0. The molecular formula is C16H19FO3S. The fraction of sp³-hybridized carbons (Fsp3) is 0.438. The van der Waals surface area contributed by atoms with Crippen LogP contribution in [0.2, 0.25) is 0 Å². The highest BCUT2D eigenvalue weighted by molar-refractivity contribution is 7.99. The molecule has 1 aromatic carbocycles. The summed E-state index contributed by atoms with van der Waals surface area (Å²) in [5, 5.41) is 8.63. The maximum atomic E-state index is 13.5. The van der Waals surface area contributed by atoms with E-state index in [1.807, 2.05) is 20.8 Å². The fourth-order valence-electron chi connectivity index (χ4n) is 1.52. The van der Waals surface area contributed by atoms with Crippen molar-refractivity contribution in [2.45, 2.75) is 32.1 Å². The van der Waals surface area contributed by atoms with Crippen molar-refractivity contribution >= 4 is 17.7 Å². The summed E-state index contributed by atoms with van der Waals surface area (Å²) >= 11 is 1.40. The van der Waals surface area contributed by atoms with Crippen LogP contribution in [0.4, 0.5) is 4.39 Å². The van der Waals surface area contributed by atoms with E-state index in [1.54, 1.807) is 12.1 Å². The third-order valence-corrected chi connectivity index (χ3v) is 3.22. The van der Waals surface area contributed by atoms with Crippen LogP contribution >= 0.6 is 11.8 Å². The minimum Gasteiger partial charge on any atom is -0.459 e. The molecule has 0 spiro atoms. The Morgan fingerprint density at radius 3 is 2.76 bits per heavy atom. The molecule has 0 unspecified atom stereocenters. The van der Waals surface area contributed by atoms with Crippen LogP contribution in [0.15, 0.2) is 18.2 Å². The van der Waals surface area contributed by atoms with Gasteiger partial charge >= 0.3 is 5.97 Å². The van der Waals surface area contributed by atoms with Crippen LogP contribution < -0.4 is 0 Å². The summed E-state index contributed by atoms with van der Waals surface area (Å²) in [4.78, 5) is 11.6. The predicted molar refractivity (Wildman–Crippen MR) is 82.4 cm³/mol. The van der Waals surface area contributed by atoms with Crippen molar-refractivity contribution in [2.75, 3.05) is 12.4 Å². The second-order valence-electron chi connectivity index (χ2n) is 5.35. The van der Waals surface area contributed by atoms with Gasteiger partial charge in [-0.1, -0.05) is 17.9 Å². The first-order valence-electron chi connectivity index (χ1n) is 6.49. The Bertz CT molecular complexity index is 553. The Morgan fingerprint density at radius 1 is 1.43 bits per heavy atom. The Labute approximate surface area is 128 Å². The largest absolute Gasteiger partial charge is 0.459 e. The molecule has 0 aromatic heterocycles. The van der Waals surface area contributed by atoms with Crippen LogP contribution in [-0.4, -0.2) is 29.0 Å². The molecule has 0 aliphatic rings. The lowest BCUT2D eigenvalue weighted by atomic mass is 10.1. The second-order valence-corrected chi connectivity index (χ2v) is 6.34. The maximum Gasteiger partial charge on any atom is 0.316 e. The molecule has 0 atom stereocenters. The zero-order chi connectivity index (χ0) is 15.9. The number of esters is 1. The van der Waals surface area contributed by atoms with E-state index in [0.29, 0.717) is 5.75 Å². The highest BCUT2D eigenvalue weighted by Gasteiger charge is 2.15. The third kappa shape index (κ3) is 7.16. The lowest BCUT2D eigenvalue weighted by molar-refractivity contribution is -0.151. The average Bonchev–Trinajstić information content (AvgIpc) is 2.37. The Morgan fingerprint density at radius 2 is 2.14 bits per heavy atom. The highest BCUT2D eigenvalue weighted by Crippen LogP contribution is 2.17.